The molecule has 0 spiro atoms. The van der Waals surface area contributed by atoms with Crippen molar-refractivity contribution in [1.82, 2.24) is 4.98 Å². The van der Waals surface area contributed by atoms with Gasteiger partial charge in [-0.2, -0.15) is 0 Å². The number of anilines is 2. The van der Waals surface area contributed by atoms with E-state index in [-0.39, 0.29) is 39.2 Å². The molecule has 0 aliphatic rings. The maximum Gasteiger partial charge on any atom is 0.325 e. The first-order chi connectivity index (χ1) is 19.1. The van der Waals surface area contributed by atoms with E-state index in [0.717, 1.165) is 16.9 Å². The fraction of sp³-hybridized carbons (Fsp3) is 0.143. The van der Waals surface area contributed by atoms with Crippen molar-refractivity contribution in [3.63, 3.8) is 0 Å². The SMILES string of the molecule is COc1ccccc1C(=O)c1cc(C)ccc1NC(=O)Nc1ncc(CS(=O)(=O)c2ccc(CC(=O)O)cc2)s1. The van der Waals surface area contributed by atoms with Gasteiger partial charge in [0.15, 0.2) is 20.8 Å². The molecule has 4 aromatic rings. The molecular weight excluding hydrogens is 554 g/mol. The van der Waals surface area contributed by atoms with E-state index in [1.807, 2.05) is 6.92 Å². The Balaban J connectivity index is 1.45. The molecule has 0 atom stereocenters. The number of carbonyl (C=O) groups excluding carboxylic acids is 2. The molecule has 40 heavy (non-hydrogen) atoms. The van der Waals surface area contributed by atoms with Gasteiger partial charge in [0.25, 0.3) is 0 Å². The number of nitrogens with one attached hydrogen (secondary N) is 2. The molecule has 0 radical (unpaired) electrons. The molecule has 12 heteroatoms. The Morgan fingerprint density at radius 3 is 2.40 bits per heavy atom. The molecule has 3 N–H and O–H groups in total. The summed E-state index contributed by atoms with van der Waals surface area (Å²) in [7, 11) is -2.25. The third-order valence-electron chi connectivity index (χ3n) is 5.76. The minimum atomic E-state index is -3.73. The number of methoxy groups -OCH3 is 1. The van der Waals surface area contributed by atoms with Crippen LogP contribution in [0.2, 0.25) is 0 Å². The number of carboxylic acid groups (broad SMARTS) is 1. The van der Waals surface area contributed by atoms with Crippen LogP contribution in [0, 0.1) is 6.92 Å². The number of aryl methyl sites for hydroxylation is 1. The number of hydrogen-bond donors (Lipinski definition) is 3. The molecule has 1 heterocycles. The summed E-state index contributed by atoms with van der Waals surface area (Å²) in [6, 6.07) is 16.9. The molecule has 4 rings (SSSR count). The third-order valence-corrected chi connectivity index (χ3v) is 8.54. The maximum absolute atomic E-state index is 13.3. The standard InChI is InChI=1S/C28H25N3O7S2/c1-17-7-12-23(22(13-17)26(34)21-5-3-4-6-24(21)38-2)30-27(35)31-28-29-15-19(39-28)16-40(36,37)20-10-8-18(9-11-20)14-25(32)33/h3-13,15H,14,16H2,1-2H3,(H,32,33)(H2,29,30,31,35). The molecule has 1 aromatic heterocycles. The highest BCUT2D eigenvalue weighted by Gasteiger charge is 2.21. The minimum absolute atomic E-state index is 0.0499. The van der Waals surface area contributed by atoms with Crippen LogP contribution in [0.4, 0.5) is 15.6 Å². The summed E-state index contributed by atoms with van der Waals surface area (Å²) < 4.78 is 31.0. The number of ketones is 1. The van der Waals surface area contributed by atoms with Crippen molar-refractivity contribution in [2.45, 2.75) is 24.0 Å². The Labute approximate surface area is 234 Å². The fourth-order valence-electron chi connectivity index (χ4n) is 3.87. The molecular formula is C28H25N3O7S2. The topological polar surface area (TPSA) is 152 Å². The van der Waals surface area contributed by atoms with E-state index in [1.165, 1.54) is 37.6 Å². The van der Waals surface area contributed by atoms with Gasteiger partial charge < -0.3 is 15.2 Å². The first-order valence-corrected chi connectivity index (χ1v) is 14.4. The molecule has 2 amide bonds. The van der Waals surface area contributed by atoms with Gasteiger partial charge in [-0.3, -0.25) is 14.9 Å². The number of carbonyl (C=O) groups is 3. The van der Waals surface area contributed by atoms with Crippen LogP contribution in [0.3, 0.4) is 0 Å². The molecule has 10 nitrogen and oxygen atoms in total. The number of urea groups is 1. The van der Waals surface area contributed by atoms with E-state index >= 15 is 0 Å². The Bertz CT molecular complexity index is 1680. The Morgan fingerprint density at radius 2 is 1.70 bits per heavy atom. The van der Waals surface area contributed by atoms with Crippen LogP contribution >= 0.6 is 11.3 Å². The van der Waals surface area contributed by atoms with E-state index in [1.54, 1.807) is 42.5 Å². The number of benzene rings is 3. The van der Waals surface area contributed by atoms with Crippen LogP contribution in [0.15, 0.2) is 77.8 Å². The summed E-state index contributed by atoms with van der Waals surface area (Å²) in [5.41, 5.74) is 2.22. The molecule has 0 saturated carbocycles. The van der Waals surface area contributed by atoms with Gasteiger partial charge in [-0.05, 0) is 48.9 Å². The monoisotopic (exact) mass is 579 g/mol. The summed E-state index contributed by atoms with van der Waals surface area (Å²) in [4.78, 5) is 41.5. The van der Waals surface area contributed by atoms with E-state index in [2.05, 4.69) is 15.6 Å². The number of carboxylic acids is 1. The number of aliphatic carboxylic acids is 1. The zero-order valence-electron chi connectivity index (χ0n) is 21.5. The molecule has 0 aliphatic carbocycles. The van der Waals surface area contributed by atoms with Gasteiger partial charge in [0, 0.05) is 16.6 Å². The van der Waals surface area contributed by atoms with Crippen LogP contribution < -0.4 is 15.4 Å². The predicted octanol–water partition coefficient (Wildman–Crippen LogP) is 4.94. The van der Waals surface area contributed by atoms with Crippen LogP contribution in [0.1, 0.15) is 31.9 Å². The number of nitrogens with zero attached hydrogens (tertiary/aromatic N) is 1. The summed E-state index contributed by atoms with van der Waals surface area (Å²) in [6.45, 7) is 1.83. The Kier molecular flexibility index (Phi) is 8.61. The maximum atomic E-state index is 13.3. The summed E-state index contributed by atoms with van der Waals surface area (Å²) in [5.74, 6) is -1.27. The van der Waals surface area contributed by atoms with Crippen LogP contribution in [-0.2, 0) is 26.8 Å². The fourth-order valence-corrected chi connectivity index (χ4v) is 6.35. The second-order valence-electron chi connectivity index (χ2n) is 8.76. The zero-order chi connectivity index (χ0) is 28.9. The predicted molar refractivity (Wildman–Crippen MR) is 151 cm³/mol. The molecule has 0 bridgehead atoms. The van der Waals surface area contributed by atoms with E-state index in [4.69, 9.17) is 9.84 Å². The average molecular weight is 580 g/mol. The molecule has 0 aliphatic heterocycles. The highest BCUT2D eigenvalue weighted by molar-refractivity contribution is 7.90. The number of sulfone groups is 1. The van der Waals surface area contributed by atoms with Gasteiger partial charge >= 0.3 is 12.0 Å². The zero-order valence-corrected chi connectivity index (χ0v) is 23.1. The lowest BCUT2D eigenvalue weighted by Crippen LogP contribution is -2.21. The van der Waals surface area contributed by atoms with Gasteiger partial charge in [0.1, 0.15) is 5.75 Å². The normalized spacial score (nSPS) is 11.1. The number of amides is 2. The molecule has 0 unspecified atom stereocenters. The summed E-state index contributed by atoms with van der Waals surface area (Å²) in [5, 5.41) is 14.3. The van der Waals surface area contributed by atoms with Crippen LogP contribution in [0.5, 0.6) is 5.75 Å². The van der Waals surface area contributed by atoms with Gasteiger partial charge in [-0.1, -0.05) is 35.9 Å². The largest absolute Gasteiger partial charge is 0.496 e. The number of rotatable bonds is 10. The van der Waals surface area contributed by atoms with Crippen molar-refractivity contribution < 1.29 is 32.6 Å². The number of para-hydroxylation sites is 1. The Hall–Kier alpha value is -4.55. The van der Waals surface area contributed by atoms with Crippen molar-refractivity contribution in [3.05, 3.63) is 100 Å². The van der Waals surface area contributed by atoms with Crippen molar-refractivity contribution in [3.8, 4) is 5.75 Å². The van der Waals surface area contributed by atoms with E-state index in [9.17, 15) is 22.8 Å². The third kappa shape index (κ3) is 6.90. The van der Waals surface area contributed by atoms with Gasteiger partial charge in [-0.25, -0.2) is 18.2 Å². The highest BCUT2D eigenvalue weighted by atomic mass is 32.2. The van der Waals surface area contributed by atoms with E-state index in [0.29, 0.717) is 21.8 Å². The Morgan fingerprint density at radius 1 is 0.975 bits per heavy atom. The van der Waals surface area contributed by atoms with Crippen molar-refractivity contribution in [2.24, 2.45) is 0 Å². The van der Waals surface area contributed by atoms with Crippen LogP contribution in [0.25, 0.3) is 0 Å². The molecule has 0 fully saturated rings. The lowest BCUT2D eigenvalue weighted by Gasteiger charge is -2.13. The first-order valence-electron chi connectivity index (χ1n) is 11.9. The smallest absolute Gasteiger partial charge is 0.325 e. The van der Waals surface area contributed by atoms with Crippen molar-refractivity contribution in [2.75, 3.05) is 17.7 Å². The second-order valence-corrected chi connectivity index (χ2v) is 11.9. The molecule has 3 aromatic carbocycles. The summed E-state index contributed by atoms with van der Waals surface area (Å²) >= 11 is 0.996. The number of thiazole rings is 1. The lowest BCUT2D eigenvalue weighted by atomic mass is 9.99. The minimum Gasteiger partial charge on any atom is -0.496 e. The van der Waals surface area contributed by atoms with Gasteiger partial charge in [-0.15, -0.1) is 11.3 Å². The quantitative estimate of drug-likeness (QED) is 0.224. The average Bonchev–Trinajstić information content (AvgIpc) is 3.34. The first kappa shape index (κ1) is 28.5. The van der Waals surface area contributed by atoms with E-state index < -0.39 is 21.8 Å². The van der Waals surface area contributed by atoms with Crippen molar-refractivity contribution in [1.29, 1.82) is 0 Å². The molecule has 206 valence electrons. The summed E-state index contributed by atoms with van der Waals surface area (Å²) in [6.07, 6.45) is 1.16. The van der Waals surface area contributed by atoms with Crippen molar-refractivity contribution >= 4 is 49.8 Å². The number of hydrogen-bond acceptors (Lipinski definition) is 8. The highest BCUT2D eigenvalue weighted by Crippen LogP contribution is 2.27. The number of ether oxygens (including phenoxy) is 1. The lowest BCUT2D eigenvalue weighted by molar-refractivity contribution is -0.136. The number of aromatic nitrogens is 1. The van der Waals surface area contributed by atoms with Gasteiger partial charge in [0.05, 0.1) is 35.4 Å². The molecule has 0 saturated heterocycles. The van der Waals surface area contributed by atoms with Gasteiger partial charge in [0.2, 0.25) is 0 Å². The second kappa shape index (κ2) is 12.1. The van der Waals surface area contributed by atoms with Crippen LogP contribution in [-0.4, -0.2) is 43.4 Å².